The summed E-state index contributed by atoms with van der Waals surface area (Å²) in [6.07, 6.45) is 2.29. The van der Waals surface area contributed by atoms with Crippen LogP contribution >= 0.6 is 0 Å². The lowest BCUT2D eigenvalue weighted by atomic mass is 9.96. The van der Waals surface area contributed by atoms with E-state index in [1.807, 2.05) is 49.1 Å². The Bertz CT molecular complexity index is 457. The number of morpholine rings is 1. The van der Waals surface area contributed by atoms with Crippen LogP contribution < -0.4 is 0 Å². The molecule has 3 nitrogen and oxygen atoms in total. The third-order valence-corrected chi connectivity index (χ3v) is 3.62. The molecule has 0 aromatic heterocycles. The van der Waals surface area contributed by atoms with Crippen LogP contribution in [0.5, 0.6) is 0 Å². The number of amides is 1. The summed E-state index contributed by atoms with van der Waals surface area (Å²) in [6.45, 7) is 8.79. The summed E-state index contributed by atoms with van der Waals surface area (Å²) in [5, 5.41) is 0. The second-order valence-electron chi connectivity index (χ2n) is 5.30. The number of carbonyl (C=O) groups is 1. The molecule has 0 N–H and O–H groups in total. The summed E-state index contributed by atoms with van der Waals surface area (Å²) >= 11 is 0. The van der Waals surface area contributed by atoms with E-state index in [-0.39, 0.29) is 11.9 Å². The van der Waals surface area contributed by atoms with Crippen LogP contribution in [0.2, 0.25) is 0 Å². The summed E-state index contributed by atoms with van der Waals surface area (Å²) in [7, 11) is 0. The smallest absolute Gasteiger partial charge is 0.255 e. The molecule has 2 atom stereocenters. The second-order valence-corrected chi connectivity index (χ2v) is 5.30. The van der Waals surface area contributed by atoms with E-state index in [1.165, 1.54) is 0 Å². The van der Waals surface area contributed by atoms with Crippen molar-refractivity contribution in [3.8, 4) is 0 Å². The zero-order valence-corrected chi connectivity index (χ0v) is 11.6. The molecule has 1 aliphatic rings. The van der Waals surface area contributed by atoms with Crippen LogP contribution in [-0.2, 0) is 16.1 Å². The molecule has 2 rings (SSSR count). The number of hydrogen-bond acceptors (Lipinski definition) is 2. The summed E-state index contributed by atoms with van der Waals surface area (Å²) in [5.41, 5.74) is 0.383. The number of benzene rings is 1. The molecule has 1 aromatic rings. The van der Waals surface area contributed by atoms with Crippen molar-refractivity contribution in [1.29, 1.82) is 0 Å². The molecule has 1 saturated heterocycles. The Morgan fingerprint density at radius 3 is 2.79 bits per heavy atom. The Hall–Kier alpha value is -1.61. The van der Waals surface area contributed by atoms with Crippen molar-refractivity contribution in [1.82, 2.24) is 4.90 Å². The first-order valence-electron chi connectivity index (χ1n) is 6.66. The maximum atomic E-state index is 12.6. The Kier molecular flexibility index (Phi) is 4.05. The van der Waals surface area contributed by atoms with Crippen LogP contribution in [0.15, 0.2) is 43.0 Å². The first-order chi connectivity index (χ1) is 9.07. The number of rotatable bonds is 4. The van der Waals surface area contributed by atoms with Crippen LogP contribution in [0.4, 0.5) is 0 Å². The van der Waals surface area contributed by atoms with E-state index < -0.39 is 5.60 Å². The molecular weight excluding hydrogens is 238 g/mol. The number of ether oxygens (including phenoxy) is 1. The van der Waals surface area contributed by atoms with Crippen molar-refractivity contribution < 1.29 is 9.53 Å². The van der Waals surface area contributed by atoms with Crippen molar-refractivity contribution in [3.63, 3.8) is 0 Å². The predicted octanol–water partition coefficient (Wildman–Crippen LogP) is 2.77. The predicted molar refractivity (Wildman–Crippen MR) is 75.6 cm³/mol. The fourth-order valence-corrected chi connectivity index (χ4v) is 2.39. The van der Waals surface area contributed by atoms with Gasteiger partial charge in [-0.15, -0.1) is 6.58 Å². The van der Waals surface area contributed by atoms with Crippen molar-refractivity contribution in [2.24, 2.45) is 0 Å². The lowest BCUT2D eigenvalue weighted by molar-refractivity contribution is -0.176. The van der Waals surface area contributed by atoms with E-state index in [9.17, 15) is 4.79 Å². The average molecular weight is 259 g/mol. The molecule has 0 aliphatic carbocycles. The van der Waals surface area contributed by atoms with Gasteiger partial charge in [0.2, 0.25) is 0 Å². The van der Waals surface area contributed by atoms with E-state index in [1.54, 1.807) is 6.08 Å². The highest BCUT2D eigenvalue weighted by atomic mass is 16.5. The van der Waals surface area contributed by atoms with Gasteiger partial charge in [-0.1, -0.05) is 36.4 Å². The van der Waals surface area contributed by atoms with Crippen molar-refractivity contribution in [2.75, 3.05) is 6.61 Å². The fraction of sp³-hybridized carbons (Fsp3) is 0.438. The minimum Gasteiger partial charge on any atom is -0.363 e. The van der Waals surface area contributed by atoms with E-state index >= 15 is 0 Å². The second kappa shape index (κ2) is 5.57. The molecule has 0 bridgehead atoms. The maximum absolute atomic E-state index is 12.6. The van der Waals surface area contributed by atoms with Gasteiger partial charge < -0.3 is 9.64 Å². The van der Waals surface area contributed by atoms with E-state index in [0.29, 0.717) is 19.6 Å². The summed E-state index contributed by atoms with van der Waals surface area (Å²) in [4.78, 5) is 14.5. The summed E-state index contributed by atoms with van der Waals surface area (Å²) < 4.78 is 5.74. The van der Waals surface area contributed by atoms with E-state index in [2.05, 4.69) is 6.58 Å². The fourth-order valence-electron chi connectivity index (χ4n) is 2.39. The maximum Gasteiger partial charge on any atom is 0.255 e. The highest BCUT2D eigenvalue weighted by Gasteiger charge is 2.42. The Labute approximate surface area is 114 Å². The minimum atomic E-state index is -0.761. The lowest BCUT2D eigenvalue weighted by Gasteiger charge is -2.43. The zero-order chi connectivity index (χ0) is 13.9. The monoisotopic (exact) mass is 259 g/mol. The van der Waals surface area contributed by atoms with E-state index in [0.717, 1.165) is 5.56 Å². The SMILES string of the molecule is C=CCC1(C)OCC(C)N(Cc2ccccc2)C1=O. The van der Waals surface area contributed by atoms with Gasteiger partial charge in [0, 0.05) is 13.0 Å². The number of nitrogens with zero attached hydrogens (tertiary/aromatic N) is 1. The summed E-state index contributed by atoms with van der Waals surface area (Å²) in [6, 6.07) is 10.2. The van der Waals surface area contributed by atoms with Gasteiger partial charge in [0.15, 0.2) is 0 Å². The largest absolute Gasteiger partial charge is 0.363 e. The third-order valence-electron chi connectivity index (χ3n) is 3.62. The van der Waals surface area contributed by atoms with Crippen LogP contribution in [0, 0.1) is 0 Å². The molecule has 0 saturated carbocycles. The first kappa shape index (κ1) is 13.8. The normalized spacial score (nSPS) is 27.4. The molecule has 102 valence electrons. The molecule has 1 amide bonds. The molecular formula is C16H21NO2. The molecule has 0 radical (unpaired) electrons. The molecule has 1 aromatic carbocycles. The average Bonchev–Trinajstić information content (AvgIpc) is 2.41. The molecule has 2 unspecified atom stereocenters. The van der Waals surface area contributed by atoms with Gasteiger partial charge in [-0.2, -0.15) is 0 Å². The topological polar surface area (TPSA) is 29.5 Å². The minimum absolute atomic E-state index is 0.0509. The van der Waals surface area contributed by atoms with Gasteiger partial charge >= 0.3 is 0 Å². The molecule has 1 fully saturated rings. The highest BCUT2D eigenvalue weighted by Crippen LogP contribution is 2.27. The molecule has 1 heterocycles. The van der Waals surface area contributed by atoms with E-state index in [4.69, 9.17) is 4.74 Å². The van der Waals surface area contributed by atoms with Crippen LogP contribution in [-0.4, -0.2) is 29.1 Å². The highest BCUT2D eigenvalue weighted by molar-refractivity contribution is 5.86. The van der Waals surface area contributed by atoms with Crippen LogP contribution in [0.1, 0.15) is 25.8 Å². The van der Waals surface area contributed by atoms with Crippen molar-refractivity contribution in [2.45, 2.75) is 38.5 Å². The van der Waals surface area contributed by atoms with Gasteiger partial charge in [-0.05, 0) is 19.4 Å². The number of hydrogen-bond donors (Lipinski definition) is 0. The Morgan fingerprint density at radius 1 is 1.47 bits per heavy atom. The molecule has 0 spiro atoms. The van der Waals surface area contributed by atoms with Gasteiger partial charge in [0.1, 0.15) is 5.60 Å². The molecule has 19 heavy (non-hydrogen) atoms. The molecule has 3 heteroatoms. The molecule has 1 aliphatic heterocycles. The van der Waals surface area contributed by atoms with Crippen LogP contribution in [0.25, 0.3) is 0 Å². The van der Waals surface area contributed by atoms with Crippen molar-refractivity contribution in [3.05, 3.63) is 48.6 Å². The number of carbonyl (C=O) groups excluding carboxylic acids is 1. The van der Waals surface area contributed by atoms with Gasteiger partial charge in [0.25, 0.3) is 5.91 Å². The lowest BCUT2D eigenvalue weighted by Crippen LogP contribution is -2.58. The van der Waals surface area contributed by atoms with Gasteiger partial charge in [-0.25, -0.2) is 0 Å². The summed E-state index contributed by atoms with van der Waals surface area (Å²) in [5.74, 6) is 0.0509. The third kappa shape index (κ3) is 2.87. The zero-order valence-electron chi connectivity index (χ0n) is 11.6. The standard InChI is InChI=1S/C16H21NO2/c1-4-10-16(3)15(18)17(13(2)12-19-16)11-14-8-6-5-7-9-14/h4-9,13H,1,10-12H2,2-3H3. The first-order valence-corrected chi connectivity index (χ1v) is 6.66. The quantitative estimate of drug-likeness (QED) is 0.778. The Morgan fingerprint density at radius 2 is 2.16 bits per heavy atom. The van der Waals surface area contributed by atoms with Gasteiger partial charge in [0.05, 0.1) is 12.6 Å². The Balaban J connectivity index is 2.17. The van der Waals surface area contributed by atoms with Crippen molar-refractivity contribution >= 4 is 5.91 Å². The van der Waals surface area contributed by atoms with Crippen LogP contribution in [0.3, 0.4) is 0 Å². The van der Waals surface area contributed by atoms with Gasteiger partial charge in [-0.3, -0.25) is 4.79 Å².